The van der Waals surface area contributed by atoms with Crippen LogP contribution < -0.4 is 10.6 Å². The third-order valence-corrected chi connectivity index (χ3v) is 4.93. The molecule has 1 aliphatic rings. The van der Waals surface area contributed by atoms with Gasteiger partial charge in [0, 0.05) is 21.8 Å². The Kier molecular flexibility index (Phi) is 4.12. The van der Waals surface area contributed by atoms with Gasteiger partial charge in [0.05, 0.1) is 6.04 Å². The number of nitrogens with one attached hydrogen (secondary N) is 2. The predicted octanol–water partition coefficient (Wildman–Crippen LogP) is 2.67. The lowest BCUT2D eigenvalue weighted by Crippen LogP contribution is -2.37. The minimum atomic E-state index is -0.0655. The van der Waals surface area contributed by atoms with Crippen LogP contribution in [0.5, 0.6) is 0 Å². The molecule has 0 radical (unpaired) electrons. The molecule has 0 spiro atoms. The zero-order valence-electron chi connectivity index (χ0n) is 9.84. The molecule has 1 unspecified atom stereocenters. The average Bonchev–Trinajstić information content (AvgIpc) is 2.79. The third kappa shape index (κ3) is 3.03. The van der Waals surface area contributed by atoms with E-state index in [-0.39, 0.29) is 11.9 Å². The predicted molar refractivity (Wildman–Crippen MR) is 76.5 cm³/mol. The number of thioether (sulfide) groups is 1. The van der Waals surface area contributed by atoms with Gasteiger partial charge in [0.15, 0.2) is 0 Å². The zero-order chi connectivity index (χ0) is 12.4. The van der Waals surface area contributed by atoms with E-state index in [0.29, 0.717) is 0 Å². The van der Waals surface area contributed by atoms with Crippen LogP contribution in [0.2, 0.25) is 0 Å². The van der Waals surface area contributed by atoms with Gasteiger partial charge in [-0.15, -0.1) is 11.8 Å². The second kappa shape index (κ2) is 5.42. The summed E-state index contributed by atoms with van der Waals surface area (Å²) in [5.74, 6) is 1.76. The molecular weight excluding hydrogens is 300 g/mol. The van der Waals surface area contributed by atoms with Crippen LogP contribution in [-0.4, -0.2) is 23.6 Å². The summed E-state index contributed by atoms with van der Waals surface area (Å²) in [5.41, 5.74) is 3.13. The zero-order valence-corrected chi connectivity index (χ0v) is 12.2. The van der Waals surface area contributed by atoms with Crippen molar-refractivity contribution in [3.8, 4) is 0 Å². The van der Waals surface area contributed by atoms with E-state index in [9.17, 15) is 4.79 Å². The largest absolute Gasteiger partial charge is 0.325 e. The topological polar surface area (TPSA) is 41.1 Å². The highest BCUT2D eigenvalue weighted by Crippen LogP contribution is 2.25. The SMILES string of the molecule is Cc1cc(NC(=O)C2CSCN2)cc(C)c1Br. The lowest BCUT2D eigenvalue weighted by molar-refractivity contribution is -0.117. The number of carbonyl (C=O) groups is 1. The van der Waals surface area contributed by atoms with Crippen LogP contribution in [0.15, 0.2) is 16.6 Å². The lowest BCUT2D eigenvalue weighted by Gasteiger charge is -2.12. The molecule has 1 aromatic rings. The highest BCUT2D eigenvalue weighted by atomic mass is 79.9. The van der Waals surface area contributed by atoms with E-state index < -0.39 is 0 Å². The number of benzene rings is 1. The van der Waals surface area contributed by atoms with E-state index in [0.717, 1.165) is 32.9 Å². The Balaban J connectivity index is 2.10. The van der Waals surface area contributed by atoms with Crippen molar-refractivity contribution in [1.82, 2.24) is 5.32 Å². The molecule has 1 heterocycles. The fourth-order valence-corrected chi connectivity index (χ4v) is 2.98. The van der Waals surface area contributed by atoms with Crippen LogP contribution in [-0.2, 0) is 4.79 Å². The summed E-state index contributed by atoms with van der Waals surface area (Å²) >= 11 is 5.27. The fraction of sp³-hybridized carbons (Fsp3) is 0.417. The number of rotatable bonds is 2. The summed E-state index contributed by atoms with van der Waals surface area (Å²) in [4.78, 5) is 11.9. The van der Waals surface area contributed by atoms with E-state index in [2.05, 4.69) is 26.6 Å². The molecule has 17 heavy (non-hydrogen) atoms. The Morgan fingerprint density at radius 2 is 2.12 bits per heavy atom. The molecule has 1 fully saturated rings. The number of aryl methyl sites for hydroxylation is 2. The number of halogens is 1. The van der Waals surface area contributed by atoms with E-state index >= 15 is 0 Å². The number of hydrogen-bond acceptors (Lipinski definition) is 3. The van der Waals surface area contributed by atoms with Crippen molar-refractivity contribution in [3.63, 3.8) is 0 Å². The third-order valence-electron chi connectivity index (χ3n) is 2.74. The normalized spacial score (nSPS) is 19.4. The van der Waals surface area contributed by atoms with E-state index in [1.807, 2.05) is 26.0 Å². The molecule has 0 bridgehead atoms. The number of hydrogen-bond donors (Lipinski definition) is 2. The summed E-state index contributed by atoms with van der Waals surface area (Å²) in [5, 5.41) is 6.12. The molecule has 1 atom stereocenters. The molecule has 0 saturated carbocycles. The van der Waals surface area contributed by atoms with Crippen molar-refractivity contribution in [3.05, 3.63) is 27.7 Å². The first-order chi connectivity index (χ1) is 8.08. The van der Waals surface area contributed by atoms with Crippen molar-refractivity contribution >= 4 is 39.3 Å². The minimum absolute atomic E-state index is 0.0520. The Bertz CT molecular complexity index is 421. The Hall–Kier alpha value is -0.520. The summed E-state index contributed by atoms with van der Waals surface area (Å²) in [6.45, 7) is 4.05. The van der Waals surface area contributed by atoms with Gasteiger partial charge in [0.1, 0.15) is 0 Å². The van der Waals surface area contributed by atoms with Crippen molar-refractivity contribution in [2.75, 3.05) is 16.9 Å². The Morgan fingerprint density at radius 1 is 1.47 bits per heavy atom. The van der Waals surface area contributed by atoms with Crippen LogP contribution in [0, 0.1) is 13.8 Å². The van der Waals surface area contributed by atoms with Crippen LogP contribution in [0.25, 0.3) is 0 Å². The van der Waals surface area contributed by atoms with E-state index in [4.69, 9.17) is 0 Å². The van der Waals surface area contributed by atoms with Crippen LogP contribution in [0.3, 0.4) is 0 Å². The second-order valence-corrected chi connectivity index (χ2v) is 6.01. The quantitative estimate of drug-likeness (QED) is 0.882. The Morgan fingerprint density at radius 3 is 2.65 bits per heavy atom. The van der Waals surface area contributed by atoms with Crippen LogP contribution >= 0.6 is 27.7 Å². The molecule has 0 aromatic heterocycles. The molecule has 3 nitrogen and oxygen atoms in total. The second-order valence-electron chi connectivity index (χ2n) is 4.19. The first kappa shape index (κ1) is 12.9. The first-order valence-electron chi connectivity index (χ1n) is 5.46. The lowest BCUT2D eigenvalue weighted by atomic mass is 10.1. The minimum Gasteiger partial charge on any atom is -0.325 e. The van der Waals surface area contributed by atoms with Crippen molar-refractivity contribution in [1.29, 1.82) is 0 Å². The fourth-order valence-electron chi connectivity index (χ4n) is 1.81. The maximum atomic E-state index is 11.9. The van der Waals surface area contributed by atoms with Gasteiger partial charge in [-0.1, -0.05) is 15.9 Å². The molecule has 1 aliphatic heterocycles. The highest BCUT2D eigenvalue weighted by molar-refractivity contribution is 9.10. The maximum absolute atomic E-state index is 11.9. The summed E-state index contributed by atoms with van der Waals surface area (Å²) in [7, 11) is 0. The van der Waals surface area contributed by atoms with Gasteiger partial charge in [0.2, 0.25) is 5.91 Å². The van der Waals surface area contributed by atoms with Crippen LogP contribution in [0.1, 0.15) is 11.1 Å². The highest BCUT2D eigenvalue weighted by Gasteiger charge is 2.22. The Labute approximate surface area is 114 Å². The van der Waals surface area contributed by atoms with Gasteiger partial charge in [-0.25, -0.2) is 0 Å². The molecule has 2 N–H and O–H groups in total. The van der Waals surface area contributed by atoms with Gasteiger partial charge in [0.25, 0.3) is 0 Å². The molecule has 1 aromatic carbocycles. The maximum Gasteiger partial charge on any atom is 0.242 e. The molecule has 0 aliphatic carbocycles. The molecule has 92 valence electrons. The number of amides is 1. The van der Waals surface area contributed by atoms with Crippen molar-refractivity contribution in [2.45, 2.75) is 19.9 Å². The number of carbonyl (C=O) groups excluding carboxylic acids is 1. The summed E-state index contributed by atoms with van der Waals surface area (Å²) in [6.07, 6.45) is 0. The molecule has 5 heteroatoms. The summed E-state index contributed by atoms with van der Waals surface area (Å²) < 4.78 is 1.10. The molecule has 1 saturated heterocycles. The van der Waals surface area contributed by atoms with Crippen LogP contribution in [0.4, 0.5) is 5.69 Å². The van der Waals surface area contributed by atoms with Gasteiger partial charge in [-0.05, 0) is 37.1 Å². The van der Waals surface area contributed by atoms with Gasteiger partial charge in [-0.2, -0.15) is 0 Å². The average molecular weight is 315 g/mol. The first-order valence-corrected chi connectivity index (χ1v) is 7.41. The molecular formula is C12H15BrN2OS. The van der Waals surface area contributed by atoms with E-state index in [1.54, 1.807) is 11.8 Å². The molecule has 1 amide bonds. The smallest absolute Gasteiger partial charge is 0.242 e. The van der Waals surface area contributed by atoms with Gasteiger partial charge < -0.3 is 5.32 Å². The van der Waals surface area contributed by atoms with Crippen molar-refractivity contribution < 1.29 is 4.79 Å². The number of anilines is 1. The van der Waals surface area contributed by atoms with Gasteiger partial charge in [-0.3, -0.25) is 10.1 Å². The van der Waals surface area contributed by atoms with Crippen molar-refractivity contribution in [2.24, 2.45) is 0 Å². The molecule has 2 rings (SSSR count). The monoisotopic (exact) mass is 314 g/mol. The summed E-state index contributed by atoms with van der Waals surface area (Å²) in [6, 6.07) is 3.90. The van der Waals surface area contributed by atoms with E-state index in [1.165, 1.54) is 0 Å². The van der Waals surface area contributed by atoms with Gasteiger partial charge >= 0.3 is 0 Å². The standard InChI is InChI=1S/C12H15BrN2OS/c1-7-3-9(4-8(2)11(7)13)15-12(16)10-5-17-6-14-10/h3-4,10,14H,5-6H2,1-2H3,(H,15,16).